The molecule has 1 aromatic carbocycles. The van der Waals surface area contributed by atoms with Crippen LogP contribution in [0.5, 0.6) is 0 Å². The van der Waals surface area contributed by atoms with Crippen molar-refractivity contribution in [3.63, 3.8) is 0 Å². The van der Waals surface area contributed by atoms with Gasteiger partial charge >= 0.3 is 12.1 Å². The predicted molar refractivity (Wildman–Crippen MR) is 147 cm³/mol. The molecule has 2 N–H and O–H groups in total. The molecule has 0 aliphatic carbocycles. The van der Waals surface area contributed by atoms with Crippen LogP contribution in [0.2, 0.25) is 5.15 Å². The number of aromatic nitrogens is 4. The Morgan fingerprint density at radius 1 is 0.953 bits per heavy atom. The molecule has 0 radical (unpaired) electrons. The van der Waals surface area contributed by atoms with Gasteiger partial charge in [-0.3, -0.25) is 9.59 Å². The first-order valence-electron chi connectivity index (χ1n) is 13.0. The van der Waals surface area contributed by atoms with Gasteiger partial charge < -0.3 is 20.2 Å². The maximum absolute atomic E-state index is 13.5. The first-order chi connectivity index (χ1) is 20.3. The maximum atomic E-state index is 13.5. The fraction of sp³-hybridized carbons (Fsp3) is 0.370. The predicted octanol–water partition coefficient (Wildman–Crippen LogP) is 4.20. The molecule has 3 aromatic rings. The second kappa shape index (κ2) is 14.7. The lowest BCUT2D eigenvalue weighted by molar-refractivity contribution is -0.138. The molecule has 1 fully saturated rings. The average Bonchev–Trinajstić information content (AvgIpc) is 2.96. The van der Waals surface area contributed by atoms with Gasteiger partial charge in [0.1, 0.15) is 5.82 Å². The van der Waals surface area contributed by atoms with Crippen LogP contribution in [0, 0.1) is 11.7 Å². The Bertz CT molecular complexity index is 1420. The fourth-order valence-corrected chi connectivity index (χ4v) is 3.96. The quantitative estimate of drug-likeness (QED) is 0.370. The Balaban J connectivity index is 0.000000428. The lowest BCUT2D eigenvalue weighted by Crippen LogP contribution is -2.49. The number of rotatable bonds is 7. The normalized spacial score (nSPS) is 13.3. The highest BCUT2D eigenvalue weighted by Gasteiger charge is 2.37. The minimum Gasteiger partial charge on any atom is -0.476 e. The molecule has 0 bridgehead atoms. The minimum absolute atomic E-state index is 0.107. The summed E-state index contributed by atoms with van der Waals surface area (Å²) in [5.74, 6) is -2.26. The lowest BCUT2D eigenvalue weighted by Gasteiger charge is -2.35. The molecule has 3 heterocycles. The number of anilines is 1. The van der Waals surface area contributed by atoms with Crippen molar-refractivity contribution in [2.24, 2.45) is 5.92 Å². The van der Waals surface area contributed by atoms with Crippen LogP contribution in [-0.4, -0.2) is 80.9 Å². The van der Waals surface area contributed by atoms with Crippen LogP contribution in [0.25, 0.3) is 0 Å². The van der Waals surface area contributed by atoms with Crippen LogP contribution >= 0.6 is 11.6 Å². The number of alkyl halides is 3. The van der Waals surface area contributed by atoms with Gasteiger partial charge in [-0.2, -0.15) is 13.2 Å². The van der Waals surface area contributed by atoms with E-state index in [1.54, 1.807) is 12.1 Å². The molecule has 1 aliphatic heterocycles. The summed E-state index contributed by atoms with van der Waals surface area (Å²) in [6, 6.07) is 7.73. The number of piperazine rings is 1. The van der Waals surface area contributed by atoms with Crippen molar-refractivity contribution in [2.75, 3.05) is 37.6 Å². The largest absolute Gasteiger partial charge is 0.476 e. The van der Waals surface area contributed by atoms with E-state index in [0.717, 1.165) is 6.42 Å². The van der Waals surface area contributed by atoms with Crippen molar-refractivity contribution < 1.29 is 37.1 Å². The number of halogens is 5. The third-order valence-electron chi connectivity index (χ3n) is 6.15. The van der Waals surface area contributed by atoms with Crippen LogP contribution in [0.3, 0.4) is 0 Å². The summed E-state index contributed by atoms with van der Waals surface area (Å²) in [6.07, 6.45) is -3.92. The van der Waals surface area contributed by atoms with Gasteiger partial charge in [0.05, 0.1) is 11.1 Å². The number of carboxylic acid groups (broad SMARTS) is 1. The molecule has 1 saturated heterocycles. The number of benzene rings is 1. The van der Waals surface area contributed by atoms with Crippen molar-refractivity contribution in [2.45, 2.75) is 26.4 Å². The smallest absolute Gasteiger partial charge is 0.417 e. The zero-order chi connectivity index (χ0) is 31.7. The van der Waals surface area contributed by atoms with Gasteiger partial charge in [-0.15, -0.1) is 20.4 Å². The van der Waals surface area contributed by atoms with E-state index in [4.69, 9.17) is 16.7 Å². The zero-order valence-corrected chi connectivity index (χ0v) is 23.9. The topological polar surface area (TPSA) is 142 Å². The number of amides is 2. The summed E-state index contributed by atoms with van der Waals surface area (Å²) in [5, 5.41) is 25.9. The molecule has 2 aromatic heterocycles. The van der Waals surface area contributed by atoms with E-state index >= 15 is 0 Å². The Labute approximate surface area is 248 Å². The van der Waals surface area contributed by atoms with E-state index in [9.17, 15) is 31.9 Å². The van der Waals surface area contributed by atoms with Gasteiger partial charge in [-0.25, -0.2) is 9.18 Å². The van der Waals surface area contributed by atoms with Gasteiger partial charge in [0.15, 0.2) is 22.4 Å². The molecular weight excluding hydrogens is 598 g/mol. The fourth-order valence-electron chi connectivity index (χ4n) is 3.86. The Kier molecular flexibility index (Phi) is 11.3. The van der Waals surface area contributed by atoms with Gasteiger partial charge in [0.25, 0.3) is 11.8 Å². The first-order valence-corrected chi connectivity index (χ1v) is 13.4. The van der Waals surface area contributed by atoms with Crippen LogP contribution in [0.15, 0.2) is 42.5 Å². The first kappa shape index (κ1) is 33.1. The molecule has 43 heavy (non-hydrogen) atoms. The van der Waals surface area contributed by atoms with Crippen molar-refractivity contribution >= 4 is 35.2 Å². The monoisotopic (exact) mass is 625 g/mol. The standard InChI is InChI=1S/C22H25F4N5O2.C5H3ClN2O2/c1-14(2)7-8-27-20(32)18-5-6-19(29-28-18)30-9-11-31(12-10-30)21(33)16-13-15(23)3-4-17(16)22(24,25)26;6-4-2-1-3(5(9)10)7-8-4/h3-6,13-14H,7-12H2,1-2H3,(H,27,32);1-2H,(H,9,10). The maximum Gasteiger partial charge on any atom is 0.417 e. The summed E-state index contributed by atoms with van der Waals surface area (Å²) >= 11 is 5.35. The van der Waals surface area contributed by atoms with Crippen LogP contribution in [-0.2, 0) is 6.18 Å². The number of hydrogen-bond donors (Lipinski definition) is 2. The second-order valence-corrected chi connectivity index (χ2v) is 10.1. The molecule has 1 aliphatic rings. The van der Waals surface area contributed by atoms with E-state index < -0.39 is 35.0 Å². The van der Waals surface area contributed by atoms with Gasteiger partial charge in [-0.1, -0.05) is 25.4 Å². The summed E-state index contributed by atoms with van der Waals surface area (Å²) in [5.41, 5.74) is -1.79. The highest BCUT2D eigenvalue weighted by atomic mass is 35.5. The molecule has 0 spiro atoms. The molecule has 0 atom stereocenters. The number of carbonyl (C=O) groups is 3. The number of nitrogens with one attached hydrogen (secondary N) is 1. The zero-order valence-electron chi connectivity index (χ0n) is 23.1. The van der Waals surface area contributed by atoms with Crippen molar-refractivity contribution in [1.29, 1.82) is 0 Å². The van der Waals surface area contributed by atoms with Crippen molar-refractivity contribution in [3.05, 3.63) is 75.9 Å². The lowest BCUT2D eigenvalue weighted by atomic mass is 10.0. The molecule has 16 heteroatoms. The third-order valence-corrected chi connectivity index (χ3v) is 6.35. The Hall–Kier alpha value is -4.40. The summed E-state index contributed by atoms with van der Waals surface area (Å²) in [4.78, 5) is 38.0. The number of carbonyl (C=O) groups excluding carboxylic acids is 2. The van der Waals surface area contributed by atoms with Gasteiger partial charge in [0, 0.05) is 32.7 Å². The van der Waals surface area contributed by atoms with Gasteiger partial charge in [-0.05, 0) is 54.8 Å². The number of nitrogens with zero attached hydrogens (tertiary/aromatic N) is 6. The molecule has 230 valence electrons. The molecule has 4 rings (SSSR count). The van der Waals surface area contributed by atoms with Crippen molar-refractivity contribution in [1.82, 2.24) is 30.6 Å². The number of hydrogen-bond acceptors (Lipinski definition) is 8. The summed E-state index contributed by atoms with van der Waals surface area (Å²) in [7, 11) is 0. The van der Waals surface area contributed by atoms with E-state index in [1.807, 2.05) is 4.90 Å². The van der Waals surface area contributed by atoms with Gasteiger partial charge in [0.2, 0.25) is 0 Å². The minimum atomic E-state index is -4.76. The van der Waals surface area contributed by atoms with Crippen LogP contribution in [0.4, 0.5) is 23.4 Å². The van der Waals surface area contributed by atoms with Crippen LogP contribution in [0.1, 0.15) is 57.2 Å². The van der Waals surface area contributed by atoms with Crippen LogP contribution < -0.4 is 10.2 Å². The van der Waals surface area contributed by atoms with E-state index in [1.165, 1.54) is 17.0 Å². The number of carboxylic acids is 1. The second-order valence-electron chi connectivity index (χ2n) is 9.73. The third kappa shape index (κ3) is 9.56. The molecule has 0 unspecified atom stereocenters. The molecule has 0 saturated carbocycles. The SMILES string of the molecule is CC(C)CCNC(=O)c1ccc(N2CCN(C(=O)c3cc(F)ccc3C(F)(F)F)CC2)nn1.O=C(O)c1ccc(Cl)nn1. The Morgan fingerprint density at radius 3 is 2.14 bits per heavy atom. The molecular formula is C27H28ClF4N7O4. The summed E-state index contributed by atoms with van der Waals surface area (Å²) in [6.45, 7) is 5.52. The highest BCUT2D eigenvalue weighted by Crippen LogP contribution is 2.33. The summed E-state index contributed by atoms with van der Waals surface area (Å²) < 4.78 is 53.3. The van der Waals surface area contributed by atoms with Crippen molar-refractivity contribution in [3.8, 4) is 0 Å². The number of aromatic carboxylic acids is 1. The van der Waals surface area contributed by atoms with E-state index in [0.29, 0.717) is 49.6 Å². The molecule has 11 nitrogen and oxygen atoms in total. The highest BCUT2D eigenvalue weighted by molar-refractivity contribution is 6.29. The average molecular weight is 626 g/mol. The van der Waals surface area contributed by atoms with E-state index in [2.05, 4.69) is 39.6 Å². The molecule has 2 amide bonds. The Morgan fingerprint density at radius 2 is 1.60 bits per heavy atom. The van der Waals surface area contributed by atoms with E-state index in [-0.39, 0.29) is 35.5 Å².